The van der Waals surface area contributed by atoms with Crippen LogP contribution in [0.25, 0.3) is 0 Å². The van der Waals surface area contributed by atoms with E-state index < -0.39 is 16.6 Å². The van der Waals surface area contributed by atoms with Crippen molar-refractivity contribution in [3.63, 3.8) is 0 Å². The summed E-state index contributed by atoms with van der Waals surface area (Å²) < 4.78 is 31.6. The van der Waals surface area contributed by atoms with E-state index >= 15 is 0 Å². The third kappa shape index (κ3) is 690. The van der Waals surface area contributed by atoms with Crippen LogP contribution >= 0.6 is 0 Å². The Bertz CT molecular complexity index is 173. The molecule has 0 saturated heterocycles. The average Bonchev–Trinajstić information content (AvgIpc) is 1.19. The molecule has 0 heterocycles. The molecule has 0 aromatic heterocycles. The molecule has 0 amide bonds. The normalized spacial score (nSPS) is 7.45. The first-order valence-electron chi connectivity index (χ1n) is 1.35. The number of carboxylic acid groups (broad SMARTS) is 2. The van der Waals surface area contributed by atoms with Crippen molar-refractivity contribution in [2.45, 2.75) is 0 Å². The first-order valence-corrected chi connectivity index (χ1v) is 2.75. The predicted octanol–water partition coefficient (Wildman–Crippen LogP) is -0.742. The van der Waals surface area contributed by atoms with Crippen LogP contribution in [0.1, 0.15) is 5.71 Å². The molecular formula is CH8CaMgO7S. The Labute approximate surface area is 114 Å². The molecule has 4 N–H and O–H groups in total. The Hall–Kier alpha value is 1.17. The zero-order chi connectivity index (χ0) is 8.08. The zero-order valence-electron chi connectivity index (χ0n) is 9.34. The minimum atomic E-state index is -4.67. The van der Waals surface area contributed by atoms with E-state index in [1.165, 1.54) is 0 Å². The van der Waals surface area contributed by atoms with Gasteiger partial charge in [0.2, 0.25) is 0 Å². The molecule has 10 heteroatoms. The van der Waals surface area contributed by atoms with Gasteiger partial charge in [-0.05, 0) is 0 Å². The Balaban J connectivity index is -0.00000000785. The second-order valence-electron chi connectivity index (χ2n) is 0.730. The van der Waals surface area contributed by atoms with Gasteiger partial charge in [-0.3, -0.25) is 9.11 Å². The van der Waals surface area contributed by atoms with Crippen molar-refractivity contribution in [3.8, 4) is 0 Å². The van der Waals surface area contributed by atoms with Crippen LogP contribution in [0, 0.1) is 0 Å². The molecule has 0 bridgehead atoms. The van der Waals surface area contributed by atoms with Crippen molar-refractivity contribution in [1.29, 1.82) is 0 Å². The van der Waals surface area contributed by atoms with Gasteiger partial charge < -0.3 is 15.9 Å². The molecule has 64 valence electrons. The van der Waals surface area contributed by atoms with Crippen molar-refractivity contribution in [2.24, 2.45) is 0 Å². The molecule has 0 aliphatic heterocycles. The third-order valence-corrected chi connectivity index (χ3v) is 0. The van der Waals surface area contributed by atoms with Crippen LogP contribution in [0.2, 0.25) is 0 Å². The van der Waals surface area contributed by atoms with E-state index in [4.69, 9.17) is 32.5 Å². The van der Waals surface area contributed by atoms with Crippen LogP contribution in [0.5, 0.6) is 0 Å². The van der Waals surface area contributed by atoms with Crippen molar-refractivity contribution in [3.05, 3.63) is 0 Å². The van der Waals surface area contributed by atoms with Crippen LogP contribution in [-0.2, 0) is 10.4 Å². The van der Waals surface area contributed by atoms with Crippen molar-refractivity contribution in [1.82, 2.24) is 0 Å². The molecule has 0 aliphatic rings. The molecule has 0 aromatic rings. The van der Waals surface area contributed by atoms with Crippen LogP contribution < -0.4 is 0 Å². The summed E-state index contributed by atoms with van der Waals surface area (Å²) in [5, 5.41) is 13.9. The van der Waals surface area contributed by atoms with E-state index in [0.717, 1.165) is 0 Å². The zero-order valence-corrected chi connectivity index (χ0v) is 9.78. The summed E-state index contributed by atoms with van der Waals surface area (Å²) in [7, 11) is -4.67. The van der Waals surface area contributed by atoms with Gasteiger partial charge in [0.1, 0.15) is 0 Å². The maximum atomic E-state index is 8.74. The fourth-order valence-corrected chi connectivity index (χ4v) is 0. The summed E-state index contributed by atoms with van der Waals surface area (Å²) >= 11 is 0. The first kappa shape index (κ1) is 22.7. The number of carbonyl (C=O) groups is 1. The maximum Gasteiger partial charge on any atom is 2.00 e. The minimum Gasteiger partial charge on any atom is -1.00 e. The molecule has 0 atom stereocenters. The van der Waals surface area contributed by atoms with Crippen molar-refractivity contribution < 1.29 is 38.2 Å². The topological polar surface area (TPSA) is 132 Å². The Morgan fingerprint density at radius 3 is 1.18 bits per heavy atom. The molecule has 7 nitrogen and oxygen atoms in total. The van der Waals surface area contributed by atoms with Gasteiger partial charge in [0.25, 0.3) is 0 Å². The Morgan fingerprint density at radius 1 is 1.18 bits per heavy atom. The Morgan fingerprint density at radius 2 is 1.18 bits per heavy atom. The van der Waals surface area contributed by atoms with Crippen molar-refractivity contribution in [2.75, 3.05) is 0 Å². The van der Waals surface area contributed by atoms with Gasteiger partial charge in [-0.15, -0.1) is 0 Å². The molecule has 0 rings (SSSR count). The van der Waals surface area contributed by atoms with Gasteiger partial charge >= 0.3 is 77.3 Å². The van der Waals surface area contributed by atoms with Gasteiger partial charge in [0.15, 0.2) is 0 Å². The van der Waals surface area contributed by atoms with E-state index in [2.05, 4.69) is 0 Å². The fraction of sp³-hybridized carbons (Fsp3) is 0. The van der Waals surface area contributed by atoms with E-state index in [0.29, 0.717) is 0 Å². The van der Waals surface area contributed by atoms with Crippen LogP contribution in [0.3, 0.4) is 0 Å². The van der Waals surface area contributed by atoms with E-state index in [9.17, 15) is 0 Å². The smallest absolute Gasteiger partial charge is 1.00 e. The van der Waals surface area contributed by atoms with Crippen molar-refractivity contribution >= 4 is 77.3 Å². The SMILES string of the molecule is O=C(O)O.O=S(=O)(O)O.[Ca+2].[H-].[H-].[H-].[H-].[Mg+2]. The third-order valence-electron chi connectivity index (χ3n) is 0. The monoisotopic (exact) mass is 228 g/mol. The number of rotatable bonds is 0. The van der Waals surface area contributed by atoms with Crippen LogP contribution in [0.4, 0.5) is 4.79 Å². The molecule has 0 radical (unpaired) electrons. The van der Waals surface area contributed by atoms with Crippen LogP contribution in [0.15, 0.2) is 0 Å². The van der Waals surface area contributed by atoms with Gasteiger partial charge in [0.05, 0.1) is 0 Å². The van der Waals surface area contributed by atoms with Gasteiger partial charge in [0, 0.05) is 0 Å². The molecular weight excluding hydrogens is 220 g/mol. The Kier molecular flexibility index (Phi) is 23.1. The van der Waals surface area contributed by atoms with E-state index in [-0.39, 0.29) is 66.5 Å². The largest absolute Gasteiger partial charge is 2.00 e. The van der Waals surface area contributed by atoms with Crippen LogP contribution in [-0.4, -0.2) is 94.7 Å². The quantitative estimate of drug-likeness (QED) is 0.317. The minimum absolute atomic E-state index is 0. The molecule has 11 heavy (non-hydrogen) atoms. The van der Waals surface area contributed by atoms with Gasteiger partial charge in [-0.2, -0.15) is 8.42 Å². The second-order valence-corrected chi connectivity index (χ2v) is 1.63. The molecule has 0 spiro atoms. The molecule has 0 saturated carbocycles. The number of hydrogen-bond donors (Lipinski definition) is 4. The predicted molar refractivity (Wildman–Crippen MR) is 40.8 cm³/mol. The van der Waals surface area contributed by atoms with E-state index in [1.807, 2.05) is 0 Å². The summed E-state index contributed by atoms with van der Waals surface area (Å²) in [6.07, 6.45) is -1.83. The fourth-order valence-electron chi connectivity index (χ4n) is 0. The summed E-state index contributed by atoms with van der Waals surface area (Å²) in [6, 6.07) is 0. The van der Waals surface area contributed by atoms with Gasteiger partial charge in [-0.1, -0.05) is 0 Å². The standard InChI is InChI=1S/CH2O3.Ca.Mg.H2O4S.4H/c2-1(3)4;;;1-5(2,3)4;;;;/h(H2,2,3,4);;;(H2,1,2,3,4);;;;/q;2*+2;;4*-1. The summed E-state index contributed by atoms with van der Waals surface area (Å²) in [4.78, 5) is 8.56. The molecule has 0 aromatic carbocycles. The van der Waals surface area contributed by atoms with E-state index in [1.54, 1.807) is 0 Å². The number of hydrogen-bond acceptors (Lipinski definition) is 3. The summed E-state index contributed by atoms with van der Waals surface area (Å²) in [5.74, 6) is 0. The second kappa shape index (κ2) is 11.2. The van der Waals surface area contributed by atoms with Gasteiger partial charge in [-0.25, -0.2) is 4.79 Å². The molecule has 0 aliphatic carbocycles. The summed E-state index contributed by atoms with van der Waals surface area (Å²) in [5.41, 5.74) is 0. The maximum absolute atomic E-state index is 8.74. The molecule has 0 fully saturated rings. The molecule has 0 unspecified atom stereocenters. The first-order chi connectivity index (χ1) is 3.73. The summed E-state index contributed by atoms with van der Waals surface area (Å²) in [6.45, 7) is 0. The average molecular weight is 229 g/mol.